The number of rotatable bonds is 6. The van der Waals surface area contributed by atoms with Crippen molar-refractivity contribution >= 4 is 0 Å². The van der Waals surface area contributed by atoms with Crippen molar-refractivity contribution in [3.8, 4) is 5.75 Å². The maximum Gasteiger partial charge on any atom is 0.122 e. The summed E-state index contributed by atoms with van der Waals surface area (Å²) in [7, 11) is 0. The Morgan fingerprint density at radius 2 is 2.43 bits per heavy atom. The topological polar surface area (TPSA) is 42.4 Å². The molecule has 0 saturated carbocycles. The van der Waals surface area contributed by atoms with Gasteiger partial charge in [0.15, 0.2) is 0 Å². The van der Waals surface area contributed by atoms with Crippen LogP contribution in [-0.4, -0.2) is 16.7 Å². The lowest BCUT2D eigenvalue weighted by Gasteiger charge is -2.05. The van der Waals surface area contributed by atoms with E-state index in [1.165, 1.54) is 0 Å². The fourth-order valence-corrected chi connectivity index (χ4v) is 1.05. The predicted molar refractivity (Wildman–Crippen MR) is 55.1 cm³/mol. The summed E-state index contributed by atoms with van der Waals surface area (Å²) in [5.74, 6) is 0.758. The zero-order chi connectivity index (χ0) is 10.2. The minimum Gasteiger partial charge on any atom is -0.493 e. The van der Waals surface area contributed by atoms with E-state index in [0.29, 0.717) is 12.3 Å². The molecule has 0 aliphatic heterocycles. The number of aliphatic hydroxyl groups is 1. The first kappa shape index (κ1) is 10.7. The predicted octanol–water partition coefficient (Wildman–Crippen LogP) is 1.92. The summed E-state index contributed by atoms with van der Waals surface area (Å²) in [5.41, 5.74) is 0.631. The van der Waals surface area contributed by atoms with Crippen molar-refractivity contribution in [2.24, 2.45) is 0 Å². The number of aromatic nitrogens is 1. The summed E-state index contributed by atoms with van der Waals surface area (Å²) >= 11 is 0. The van der Waals surface area contributed by atoms with Gasteiger partial charge in [-0.15, -0.1) is 6.58 Å². The number of nitrogens with zero attached hydrogens (tertiary/aromatic N) is 1. The Labute approximate surface area is 84.1 Å². The van der Waals surface area contributed by atoms with E-state index in [2.05, 4.69) is 11.6 Å². The molecule has 3 nitrogen and oxygen atoms in total. The molecule has 0 aliphatic rings. The van der Waals surface area contributed by atoms with Gasteiger partial charge in [-0.1, -0.05) is 6.08 Å². The highest BCUT2D eigenvalue weighted by molar-refractivity contribution is 5.22. The van der Waals surface area contributed by atoms with E-state index in [4.69, 9.17) is 9.84 Å². The Balaban J connectivity index is 2.38. The lowest BCUT2D eigenvalue weighted by atomic mass is 10.3. The van der Waals surface area contributed by atoms with Gasteiger partial charge in [-0.3, -0.25) is 4.98 Å². The van der Waals surface area contributed by atoms with Crippen LogP contribution in [0, 0.1) is 0 Å². The average molecular weight is 193 g/mol. The third-order valence-corrected chi connectivity index (χ3v) is 1.77. The average Bonchev–Trinajstić information content (AvgIpc) is 2.25. The molecule has 14 heavy (non-hydrogen) atoms. The van der Waals surface area contributed by atoms with E-state index in [9.17, 15) is 0 Å². The number of aliphatic hydroxyl groups excluding tert-OH is 1. The van der Waals surface area contributed by atoms with Crippen LogP contribution in [0.5, 0.6) is 5.75 Å². The molecule has 1 heterocycles. The van der Waals surface area contributed by atoms with E-state index in [1.54, 1.807) is 18.3 Å². The van der Waals surface area contributed by atoms with E-state index in [-0.39, 0.29) is 6.61 Å². The third-order valence-electron chi connectivity index (χ3n) is 1.77. The molecule has 0 aliphatic carbocycles. The molecule has 0 atom stereocenters. The fraction of sp³-hybridized carbons (Fsp3) is 0.364. The second-order valence-corrected chi connectivity index (χ2v) is 2.92. The van der Waals surface area contributed by atoms with Crippen LogP contribution in [0.1, 0.15) is 18.5 Å². The van der Waals surface area contributed by atoms with Gasteiger partial charge in [-0.2, -0.15) is 0 Å². The second kappa shape index (κ2) is 6.16. The van der Waals surface area contributed by atoms with Crippen LogP contribution in [-0.2, 0) is 6.61 Å². The molecule has 0 radical (unpaired) electrons. The minimum absolute atomic E-state index is 0.0517. The van der Waals surface area contributed by atoms with Gasteiger partial charge in [-0.25, -0.2) is 0 Å². The lowest BCUT2D eigenvalue weighted by molar-refractivity contribution is 0.273. The van der Waals surface area contributed by atoms with E-state index in [1.807, 2.05) is 6.08 Å². The first-order chi connectivity index (χ1) is 6.86. The summed E-state index contributed by atoms with van der Waals surface area (Å²) in [6.45, 7) is 4.25. The molecule has 1 aromatic heterocycles. The molecular weight excluding hydrogens is 178 g/mol. The molecule has 0 fully saturated rings. The SMILES string of the molecule is C=CCCCOc1ccnc(CO)c1. The zero-order valence-corrected chi connectivity index (χ0v) is 8.15. The number of unbranched alkanes of at least 4 members (excludes halogenated alkanes) is 1. The van der Waals surface area contributed by atoms with Gasteiger partial charge in [0.1, 0.15) is 5.75 Å². The van der Waals surface area contributed by atoms with Crippen molar-refractivity contribution in [2.45, 2.75) is 19.4 Å². The van der Waals surface area contributed by atoms with Gasteiger partial charge < -0.3 is 9.84 Å². The van der Waals surface area contributed by atoms with Crippen molar-refractivity contribution in [3.63, 3.8) is 0 Å². The van der Waals surface area contributed by atoms with Crippen LogP contribution < -0.4 is 4.74 Å². The minimum atomic E-state index is -0.0517. The van der Waals surface area contributed by atoms with Crippen LogP contribution >= 0.6 is 0 Å². The summed E-state index contributed by atoms with van der Waals surface area (Å²) in [4.78, 5) is 3.96. The lowest BCUT2D eigenvalue weighted by Crippen LogP contribution is -1.98. The van der Waals surface area contributed by atoms with Crippen molar-refractivity contribution in [1.82, 2.24) is 4.98 Å². The largest absolute Gasteiger partial charge is 0.493 e. The standard InChI is InChI=1S/C11H15NO2/c1-2-3-4-7-14-11-5-6-12-10(8-11)9-13/h2,5-6,8,13H,1,3-4,7,9H2. The molecule has 0 spiro atoms. The van der Waals surface area contributed by atoms with Gasteiger partial charge in [0, 0.05) is 12.3 Å². The maximum atomic E-state index is 8.84. The molecule has 3 heteroatoms. The van der Waals surface area contributed by atoms with Crippen LogP contribution in [0.15, 0.2) is 31.0 Å². The monoisotopic (exact) mass is 193 g/mol. The molecule has 1 N–H and O–H groups in total. The molecule has 0 bridgehead atoms. The Morgan fingerprint density at radius 1 is 1.57 bits per heavy atom. The van der Waals surface area contributed by atoms with Gasteiger partial charge in [0.05, 0.1) is 18.9 Å². The normalized spacial score (nSPS) is 9.79. The third kappa shape index (κ3) is 3.58. The van der Waals surface area contributed by atoms with Gasteiger partial charge in [0.25, 0.3) is 0 Å². The second-order valence-electron chi connectivity index (χ2n) is 2.92. The van der Waals surface area contributed by atoms with Crippen LogP contribution in [0.3, 0.4) is 0 Å². The highest BCUT2D eigenvalue weighted by Gasteiger charge is 1.96. The van der Waals surface area contributed by atoms with Crippen molar-refractivity contribution in [1.29, 1.82) is 0 Å². The van der Waals surface area contributed by atoms with Crippen molar-refractivity contribution in [3.05, 3.63) is 36.7 Å². The number of hydrogen-bond acceptors (Lipinski definition) is 3. The molecule has 76 valence electrons. The molecule has 0 amide bonds. The molecule has 0 saturated heterocycles. The molecule has 0 aromatic carbocycles. The Morgan fingerprint density at radius 3 is 3.14 bits per heavy atom. The summed E-state index contributed by atoms with van der Waals surface area (Å²) in [5, 5.41) is 8.84. The van der Waals surface area contributed by atoms with Crippen LogP contribution in [0.4, 0.5) is 0 Å². The summed E-state index contributed by atoms with van der Waals surface area (Å²) < 4.78 is 5.45. The van der Waals surface area contributed by atoms with Gasteiger partial charge in [0.2, 0.25) is 0 Å². The van der Waals surface area contributed by atoms with E-state index in [0.717, 1.165) is 18.6 Å². The fourth-order valence-electron chi connectivity index (χ4n) is 1.05. The van der Waals surface area contributed by atoms with Crippen molar-refractivity contribution in [2.75, 3.05) is 6.61 Å². The van der Waals surface area contributed by atoms with E-state index < -0.39 is 0 Å². The number of hydrogen-bond donors (Lipinski definition) is 1. The molecule has 1 rings (SSSR count). The quantitative estimate of drug-likeness (QED) is 0.554. The van der Waals surface area contributed by atoms with Crippen LogP contribution in [0.2, 0.25) is 0 Å². The summed E-state index contributed by atoms with van der Waals surface area (Å²) in [6, 6.07) is 3.53. The Kier molecular flexibility index (Phi) is 4.72. The number of ether oxygens (including phenoxy) is 1. The maximum absolute atomic E-state index is 8.84. The highest BCUT2D eigenvalue weighted by Crippen LogP contribution is 2.11. The molecule has 0 unspecified atom stereocenters. The number of pyridine rings is 1. The van der Waals surface area contributed by atoms with E-state index >= 15 is 0 Å². The molecule has 1 aromatic rings. The van der Waals surface area contributed by atoms with Gasteiger partial charge >= 0.3 is 0 Å². The highest BCUT2D eigenvalue weighted by atomic mass is 16.5. The zero-order valence-electron chi connectivity index (χ0n) is 8.15. The Bertz CT molecular complexity index is 286. The first-order valence-corrected chi connectivity index (χ1v) is 4.66. The summed E-state index contributed by atoms with van der Waals surface area (Å²) in [6.07, 6.45) is 5.42. The number of allylic oxidation sites excluding steroid dienone is 1. The molecular formula is C11H15NO2. The Hall–Kier alpha value is -1.35. The smallest absolute Gasteiger partial charge is 0.122 e. The van der Waals surface area contributed by atoms with Gasteiger partial charge in [-0.05, 0) is 18.9 Å². The van der Waals surface area contributed by atoms with Crippen molar-refractivity contribution < 1.29 is 9.84 Å². The first-order valence-electron chi connectivity index (χ1n) is 4.66. The van der Waals surface area contributed by atoms with Crippen LogP contribution in [0.25, 0.3) is 0 Å².